The molecule has 2 rings (SSSR count). The van der Waals surface area contributed by atoms with Crippen LogP contribution in [0.1, 0.15) is 61.2 Å². The third-order valence-electron chi connectivity index (χ3n) is 6.08. The number of ketones is 1. The van der Waals surface area contributed by atoms with E-state index in [1.165, 1.54) is 19.4 Å². The number of halogens is 2. The largest absolute Gasteiger partial charge is 0.507 e. The molecule has 1 amide bonds. The van der Waals surface area contributed by atoms with E-state index in [1.54, 1.807) is 37.3 Å². The average Bonchev–Trinajstić information content (AvgIpc) is 2.86. The molecular weight excluding hydrogens is 488 g/mol. The minimum absolute atomic E-state index is 0.192. The molecule has 8 nitrogen and oxygen atoms in total. The topological polar surface area (TPSA) is 115 Å². The zero-order chi connectivity index (χ0) is 27.5. The van der Waals surface area contributed by atoms with E-state index in [4.69, 9.17) is 9.15 Å². The molecule has 1 aromatic carbocycles. The number of aromatic hydroxyl groups is 1. The van der Waals surface area contributed by atoms with E-state index in [0.29, 0.717) is 25.0 Å². The van der Waals surface area contributed by atoms with Crippen molar-refractivity contribution in [1.29, 1.82) is 0 Å². The summed E-state index contributed by atoms with van der Waals surface area (Å²) in [6.07, 6.45) is 1.64. The second-order valence-electron chi connectivity index (χ2n) is 8.89. The fraction of sp³-hybridized carbons (Fsp3) is 0.444. The Morgan fingerprint density at radius 1 is 1.16 bits per heavy atom. The lowest BCUT2D eigenvalue weighted by Gasteiger charge is -2.19. The molecule has 2 aromatic rings. The quantitative estimate of drug-likeness (QED) is 0.337. The van der Waals surface area contributed by atoms with Gasteiger partial charge in [0.05, 0.1) is 7.11 Å². The fourth-order valence-corrected chi connectivity index (χ4v) is 3.64. The van der Waals surface area contributed by atoms with Crippen LogP contribution in [-0.2, 0) is 11.2 Å². The van der Waals surface area contributed by atoms with Gasteiger partial charge < -0.3 is 19.0 Å². The number of hydrogen-bond donors (Lipinski definition) is 2. The number of carbonyl (C=O) groups is 2. The summed E-state index contributed by atoms with van der Waals surface area (Å²) in [5, 5.41) is 12.9. The highest BCUT2D eigenvalue weighted by molar-refractivity contribution is 5.99. The highest BCUT2D eigenvalue weighted by Crippen LogP contribution is 2.28. The van der Waals surface area contributed by atoms with Crippen molar-refractivity contribution in [2.45, 2.75) is 52.4 Å². The number of Topliss-reactive ketones (excluding diaryl/α,β-unsaturated/α-hetero) is 1. The van der Waals surface area contributed by atoms with Crippen LogP contribution in [0.3, 0.4) is 0 Å². The Balaban J connectivity index is 2.01. The first-order valence-electron chi connectivity index (χ1n) is 11.9. The van der Waals surface area contributed by atoms with E-state index in [2.05, 4.69) is 10.1 Å². The molecule has 3 atom stereocenters. The lowest BCUT2D eigenvalue weighted by atomic mass is 9.84. The van der Waals surface area contributed by atoms with Crippen LogP contribution >= 0.6 is 0 Å². The van der Waals surface area contributed by atoms with E-state index in [1.807, 2.05) is 13.8 Å². The van der Waals surface area contributed by atoms with Crippen molar-refractivity contribution >= 4 is 11.9 Å². The first kappa shape index (κ1) is 29.5. The molecule has 0 radical (unpaired) electrons. The number of carbonyl (C=O) groups excluding carboxylic acids is 2. The molecule has 10 heteroatoms. The van der Waals surface area contributed by atoms with Crippen molar-refractivity contribution in [3.63, 3.8) is 0 Å². The maximum atomic E-state index is 13.1. The van der Waals surface area contributed by atoms with Gasteiger partial charge in [0, 0.05) is 24.1 Å². The van der Waals surface area contributed by atoms with Gasteiger partial charge in [-0.15, -0.1) is 0 Å². The molecule has 0 aliphatic carbocycles. The lowest BCUT2D eigenvalue weighted by molar-refractivity contribution is 0.0819. The van der Waals surface area contributed by atoms with Gasteiger partial charge in [-0.2, -0.15) is 0 Å². The molecule has 37 heavy (non-hydrogen) atoms. The number of allylic oxidation sites excluding steroid dienone is 1. The molecule has 0 spiro atoms. The molecular formula is C27H33F2NO7. The summed E-state index contributed by atoms with van der Waals surface area (Å²) in [5.41, 5.74) is -0.407. The summed E-state index contributed by atoms with van der Waals surface area (Å²) in [6, 6.07) is 7.94. The number of nitrogens with one attached hydrogen (secondary N) is 1. The van der Waals surface area contributed by atoms with Crippen LogP contribution in [0.15, 0.2) is 51.8 Å². The fourth-order valence-electron chi connectivity index (χ4n) is 3.64. The van der Waals surface area contributed by atoms with Gasteiger partial charge in [0.1, 0.15) is 29.4 Å². The van der Waals surface area contributed by atoms with Gasteiger partial charge in [-0.1, -0.05) is 39.0 Å². The molecule has 0 aliphatic rings. The monoisotopic (exact) mass is 521 g/mol. The number of methoxy groups -OCH3 is 1. The SMILES string of the molecule is COC(=O)N/C=C/CCC(C)c1cc(O)c(C(=O)C(C)[C@H](C)Cc2ccc(OCC(F)F)cc2)c(=O)o1. The molecule has 0 saturated carbocycles. The summed E-state index contributed by atoms with van der Waals surface area (Å²) >= 11 is 0. The zero-order valence-corrected chi connectivity index (χ0v) is 21.3. The molecule has 1 aromatic heterocycles. The summed E-state index contributed by atoms with van der Waals surface area (Å²) in [5.74, 6) is -1.39. The van der Waals surface area contributed by atoms with Crippen molar-refractivity contribution in [3.05, 3.63) is 69.9 Å². The molecule has 202 valence electrons. The third-order valence-corrected chi connectivity index (χ3v) is 6.08. The second-order valence-corrected chi connectivity index (χ2v) is 8.89. The van der Waals surface area contributed by atoms with Crippen LogP contribution in [-0.4, -0.2) is 37.1 Å². The van der Waals surface area contributed by atoms with Gasteiger partial charge in [-0.05, 0) is 42.9 Å². The van der Waals surface area contributed by atoms with Gasteiger partial charge in [0.25, 0.3) is 6.43 Å². The summed E-state index contributed by atoms with van der Waals surface area (Å²) in [7, 11) is 1.26. The minimum atomic E-state index is -2.56. The Morgan fingerprint density at radius 2 is 1.84 bits per heavy atom. The van der Waals surface area contributed by atoms with E-state index >= 15 is 0 Å². The van der Waals surface area contributed by atoms with Gasteiger partial charge in [0.15, 0.2) is 5.78 Å². The smallest absolute Gasteiger partial charge is 0.410 e. The Labute approximate surface area is 214 Å². The van der Waals surface area contributed by atoms with Crippen LogP contribution in [0.2, 0.25) is 0 Å². The number of alkyl halides is 2. The summed E-state index contributed by atoms with van der Waals surface area (Å²) in [4.78, 5) is 36.7. The Morgan fingerprint density at radius 3 is 2.43 bits per heavy atom. The van der Waals surface area contributed by atoms with Crippen LogP contribution in [0.4, 0.5) is 13.6 Å². The molecule has 2 N–H and O–H groups in total. The number of benzene rings is 1. The van der Waals surface area contributed by atoms with Crippen LogP contribution in [0.25, 0.3) is 0 Å². The maximum absolute atomic E-state index is 13.1. The third kappa shape index (κ3) is 9.04. The molecule has 0 fully saturated rings. The van der Waals surface area contributed by atoms with Crippen molar-refractivity contribution in [2.75, 3.05) is 13.7 Å². The van der Waals surface area contributed by atoms with Crippen molar-refractivity contribution in [3.8, 4) is 11.5 Å². The number of ether oxygens (including phenoxy) is 2. The number of hydrogen-bond acceptors (Lipinski definition) is 7. The van der Waals surface area contributed by atoms with Crippen LogP contribution < -0.4 is 15.7 Å². The molecule has 0 saturated heterocycles. The van der Waals surface area contributed by atoms with Crippen LogP contribution in [0.5, 0.6) is 11.5 Å². The summed E-state index contributed by atoms with van der Waals surface area (Å²) in [6.45, 7) is 4.66. The average molecular weight is 522 g/mol. The highest BCUT2D eigenvalue weighted by Gasteiger charge is 2.28. The first-order valence-corrected chi connectivity index (χ1v) is 11.9. The van der Waals surface area contributed by atoms with Gasteiger partial charge in [-0.25, -0.2) is 18.4 Å². The van der Waals surface area contributed by atoms with E-state index in [0.717, 1.165) is 5.56 Å². The van der Waals surface area contributed by atoms with Crippen LogP contribution in [0, 0.1) is 11.8 Å². The number of amides is 1. The van der Waals surface area contributed by atoms with E-state index in [-0.39, 0.29) is 23.2 Å². The Kier molecular flexibility index (Phi) is 11.3. The highest BCUT2D eigenvalue weighted by atomic mass is 19.3. The van der Waals surface area contributed by atoms with Gasteiger partial charge in [-0.3, -0.25) is 10.1 Å². The lowest BCUT2D eigenvalue weighted by Crippen LogP contribution is -2.26. The summed E-state index contributed by atoms with van der Waals surface area (Å²) < 4.78 is 39.4. The standard InChI is InChI=1S/C27H33F2NO7/c1-16(7-5-6-12-30-27(34)35-4)22-14-21(31)24(26(33)37-22)25(32)18(3)17(2)13-19-8-10-20(11-9-19)36-15-23(28)29/h6,8-12,14,16-18,23,31H,5,7,13,15H2,1-4H3,(H,30,34)/b12-6+/t16?,17-,18?/m1/s1. The van der Waals surface area contributed by atoms with Gasteiger partial charge in [0.2, 0.25) is 0 Å². The predicted octanol–water partition coefficient (Wildman–Crippen LogP) is 5.44. The Bertz CT molecular complexity index is 1130. The number of rotatable bonds is 13. The second kappa shape index (κ2) is 14.2. The molecule has 1 heterocycles. The molecule has 2 unspecified atom stereocenters. The van der Waals surface area contributed by atoms with Crippen molar-refractivity contribution in [1.82, 2.24) is 5.32 Å². The Hall–Kier alpha value is -3.69. The first-order chi connectivity index (χ1) is 17.5. The zero-order valence-electron chi connectivity index (χ0n) is 21.3. The van der Waals surface area contributed by atoms with Gasteiger partial charge >= 0.3 is 11.7 Å². The molecule has 0 bridgehead atoms. The minimum Gasteiger partial charge on any atom is -0.507 e. The predicted molar refractivity (Wildman–Crippen MR) is 133 cm³/mol. The van der Waals surface area contributed by atoms with E-state index in [9.17, 15) is 28.3 Å². The van der Waals surface area contributed by atoms with E-state index < -0.39 is 42.2 Å². The van der Waals surface area contributed by atoms with Crippen molar-refractivity contribution < 1.29 is 37.4 Å². The molecule has 0 aliphatic heterocycles. The maximum Gasteiger partial charge on any atom is 0.410 e. The number of alkyl carbamates (subject to hydrolysis) is 1. The normalized spacial score (nSPS) is 13.8. The van der Waals surface area contributed by atoms with Crippen molar-refractivity contribution in [2.24, 2.45) is 11.8 Å².